The number of rotatable bonds is 9. The number of ether oxygens (including phenoxy) is 2. The highest BCUT2D eigenvalue weighted by atomic mass is 16.5. The fourth-order valence-electron chi connectivity index (χ4n) is 1.97. The van der Waals surface area contributed by atoms with Crippen molar-refractivity contribution in [1.82, 2.24) is 10.6 Å². The molecule has 0 saturated carbocycles. The molecule has 0 aliphatic heterocycles. The lowest BCUT2D eigenvalue weighted by Crippen LogP contribution is -2.43. The summed E-state index contributed by atoms with van der Waals surface area (Å²) in [4.78, 5) is 34.9. The van der Waals surface area contributed by atoms with Crippen LogP contribution in [0, 0.1) is 12.3 Å². The van der Waals surface area contributed by atoms with Gasteiger partial charge in [0.25, 0.3) is 0 Å². The quantitative estimate of drug-likeness (QED) is 0.431. The van der Waals surface area contributed by atoms with Gasteiger partial charge < -0.3 is 25.2 Å². The molecule has 0 aliphatic rings. The van der Waals surface area contributed by atoms with E-state index in [2.05, 4.69) is 21.3 Å². The Labute approximate surface area is 151 Å². The third-order valence-electron chi connectivity index (χ3n) is 3.26. The predicted octanol–water partition coefficient (Wildman–Crippen LogP) is 0.345. The molecule has 0 unspecified atom stereocenters. The molecule has 1 aromatic carbocycles. The molecule has 0 fully saturated rings. The Kier molecular flexibility index (Phi) is 9.28. The number of hydrogen-bond donors (Lipinski definition) is 3. The molecule has 0 saturated heterocycles. The van der Waals surface area contributed by atoms with Crippen LogP contribution in [0.5, 0.6) is 0 Å². The molecule has 3 N–H and O–H groups in total. The lowest BCUT2D eigenvalue weighted by atomic mass is 10.2. The van der Waals surface area contributed by atoms with Gasteiger partial charge in [0.15, 0.2) is 0 Å². The first-order valence-corrected chi connectivity index (χ1v) is 7.89. The van der Waals surface area contributed by atoms with E-state index in [0.29, 0.717) is 0 Å². The third kappa shape index (κ3) is 8.17. The van der Waals surface area contributed by atoms with Gasteiger partial charge in [0.1, 0.15) is 12.6 Å². The normalized spacial score (nSPS) is 12.2. The smallest absolute Gasteiger partial charge is 0.407 e. The fraction of sp³-hybridized carbons (Fsp3) is 0.389. The number of amides is 2. The Balaban J connectivity index is 2.30. The standard InChI is InChI=1S/C18H22N2O6/c1-3-7-15(17(23)25-2)20-16(22)10-14(21)11-19-18(24)26-12-13-8-5-4-6-9-13/h1,4-6,8-9,14-15,21H,7,10-12H2,2H3,(H,19,24)(H,20,22)/t14-,15-/m0/s1. The molecule has 1 aromatic rings. The zero-order chi connectivity index (χ0) is 19.4. The molecule has 1 rings (SSSR count). The molecule has 0 bridgehead atoms. The maximum Gasteiger partial charge on any atom is 0.407 e. The van der Waals surface area contributed by atoms with Crippen LogP contribution in [0.25, 0.3) is 0 Å². The Hall–Kier alpha value is -3.05. The Morgan fingerprint density at radius 2 is 1.96 bits per heavy atom. The van der Waals surface area contributed by atoms with Gasteiger partial charge in [-0.3, -0.25) is 4.79 Å². The van der Waals surface area contributed by atoms with E-state index >= 15 is 0 Å². The Bertz CT molecular complexity index is 641. The zero-order valence-electron chi connectivity index (χ0n) is 14.4. The van der Waals surface area contributed by atoms with Crippen molar-refractivity contribution in [3.8, 4) is 12.3 Å². The first kappa shape index (κ1) is 21.0. The van der Waals surface area contributed by atoms with E-state index in [4.69, 9.17) is 11.2 Å². The van der Waals surface area contributed by atoms with Crippen LogP contribution in [0.1, 0.15) is 18.4 Å². The van der Waals surface area contributed by atoms with Gasteiger partial charge in [-0.2, -0.15) is 0 Å². The van der Waals surface area contributed by atoms with Crippen molar-refractivity contribution in [2.75, 3.05) is 13.7 Å². The van der Waals surface area contributed by atoms with Gasteiger partial charge in [-0.1, -0.05) is 30.3 Å². The molecule has 8 nitrogen and oxygen atoms in total. The maximum absolute atomic E-state index is 11.8. The minimum Gasteiger partial charge on any atom is -0.467 e. The van der Waals surface area contributed by atoms with Gasteiger partial charge in [-0.15, -0.1) is 12.3 Å². The van der Waals surface area contributed by atoms with Gasteiger partial charge in [0.05, 0.1) is 19.6 Å². The van der Waals surface area contributed by atoms with Crippen molar-refractivity contribution in [2.45, 2.75) is 31.6 Å². The molecule has 140 valence electrons. The second-order valence-corrected chi connectivity index (χ2v) is 5.35. The average Bonchev–Trinajstić information content (AvgIpc) is 2.64. The molecule has 2 atom stereocenters. The monoisotopic (exact) mass is 362 g/mol. The van der Waals surface area contributed by atoms with Gasteiger partial charge in [-0.05, 0) is 5.56 Å². The molecule has 8 heteroatoms. The molecule has 0 aliphatic carbocycles. The number of methoxy groups -OCH3 is 1. The van der Waals surface area contributed by atoms with Crippen LogP contribution < -0.4 is 10.6 Å². The summed E-state index contributed by atoms with van der Waals surface area (Å²) in [5, 5.41) is 14.5. The molecule has 0 aromatic heterocycles. The average molecular weight is 362 g/mol. The van der Waals surface area contributed by atoms with Crippen molar-refractivity contribution >= 4 is 18.0 Å². The van der Waals surface area contributed by atoms with E-state index in [1.165, 1.54) is 7.11 Å². The number of benzene rings is 1. The molecule has 0 heterocycles. The van der Waals surface area contributed by atoms with Crippen LogP contribution in [-0.4, -0.2) is 48.9 Å². The molecule has 26 heavy (non-hydrogen) atoms. The first-order chi connectivity index (χ1) is 12.5. The summed E-state index contributed by atoms with van der Waals surface area (Å²) in [5.74, 6) is 0.990. The van der Waals surface area contributed by atoms with Gasteiger partial charge in [-0.25, -0.2) is 9.59 Å². The van der Waals surface area contributed by atoms with E-state index in [-0.39, 0.29) is 26.0 Å². The van der Waals surface area contributed by atoms with Gasteiger partial charge in [0, 0.05) is 13.0 Å². The number of carbonyl (C=O) groups excluding carboxylic acids is 3. The summed E-state index contributed by atoms with van der Waals surface area (Å²) in [6, 6.07) is 8.12. The summed E-state index contributed by atoms with van der Waals surface area (Å²) in [6.07, 6.45) is 2.91. The number of aliphatic hydroxyl groups is 1. The van der Waals surface area contributed by atoms with Crippen molar-refractivity contribution in [1.29, 1.82) is 0 Å². The van der Waals surface area contributed by atoms with Crippen molar-refractivity contribution < 1.29 is 29.0 Å². The maximum atomic E-state index is 11.8. The van der Waals surface area contributed by atoms with Crippen LogP contribution in [0.3, 0.4) is 0 Å². The van der Waals surface area contributed by atoms with E-state index in [0.717, 1.165) is 5.56 Å². The first-order valence-electron chi connectivity index (χ1n) is 7.89. The number of alkyl carbamates (subject to hydrolysis) is 1. The summed E-state index contributed by atoms with van der Waals surface area (Å²) in [6.45, 7) is -0.0881. The van der Waals surface area contributed by atoms with Crippen LogP contribution >= 0.6 is 0 Å². The van der Waals surface area contributed by atoms with E-state index in [9.17, 15) is 19.5 Å². The largest absolute Gasteiger partial charge is 0.467 e. The second kappa shape index (κ2) is 11.5. The topological polar surface area (TPSA) is 114 Å². The summed E-state index contributed by atoms with van der Waals surface area (Å²) in [7, 11) is 1.18. The minimum absolute atomic E-state index is 0.0292. The highest BCUT2D eigenvalue weighted by Gasteiger charge is 2.22. The van der Waals surface area contributed by atoms with Crippen molar-refractivity contribution in [3.05, 3.63) is 35.9 Å². The second-order valence-electron chi connectivity index (χ2n) is 5.35. The number of terminal acetylenes is 1. The predicted molar refractivity (Wildman–Crippen MR) is 92.7 cm³/mol. The zero-order valence-corrected chi connectivity index (χ0v) is 14.4. The van der Waals surface area contributed by atoms with E-state index < -0.39 is 30.1 Å². The Morgan fingerprint density at radius 1 is 1.27 bits per heavy atom. The lowest BCUT2D eigenvalue weighted by Gasteiger charge is -2.16. The highest BCUT2D eigenvalue weighted by Crippen LogP contribution is 2.01. The summed E-state index contributed by atoms with van der Waals surface area (Å²) in [5.41, 5.74) is 0.824. The van der Waals surface area contributed by atoms with Crippen molar-refractivity contribution in [3.63, 3.8) is 0 Å². The van der Waals surface area contributed by atoms with E-state index in [1.54, 1.807) is 12.1 Å². The number of carbonyl (C=O) groups is 3. The lowest BCUT2D eigenvalue weighted by molar-refractivity contribution is -0.145. The number of nitrogens with one attached hydrogen (secondary N) is 2. The van der Waals surface area contributed by atoms with E-state index in [1.807, 2.05) is 18.2 Å². The fourth-order valence-corrected chi connectivity index (χ4v) is 1.97. The van der Waals surface area contributed by atoms with Crippen LogP contribution in [0.4, 0.5) is 4.79 Å². The summed E-state index contributed by atoms with van der Waals surface area (Å²) >= 11 is 0. The van der Waals surface area contributed by atoms with Gasteiger partial charge >= 0.3 is 12.1 Å². The SMILES string of the molecule is C#CC[C@H](NC(=O)C[C@H](O)CNC(=O)OCc1ccccc1)C(=O)OC. The molecular formula is C18H22N2O6. The van der Waals surface area contributed by atoms with Crippen LogP contribution in [-0.2, 0) is 25.7 Å². The van der Waals surface area contributed by atoms with Crippen LogP contribution in [0.2, 0.25) is 0 Å². The molecular weight excluding hydrogens is 340 g/mol. The molecule has 2 amide bonds. The minimum atomic E-state index is -1.15. The number of esters is 1. The molecule has 0 spiro atoms. The van der Waals surface area contributed by atoms with Gasteiger partial charge in [0.2, 0.25) is 5.91 Å². The number of aliphatic hydroxyl groups excluding tert-OH is 1. The third-order valence-corrected chi connectivity index (χ3v) is 3.26. The van der Waals surface area contributed by atoms with Crippen LogP contribution in [0.15, 0.2) is 30.3 Å². The molecule has 0 radical (unpaired) electrons. The summed E-state index contributed by atoms with van der Waals surface area (Å²) < 4.78 is 9.51. The highest BCUT2D eigenvalue weighted by molar-refractivity contribution is 5.84. The Morgan fingerprint density at radius 3 is 2.58 bits per heavy atom. The number of hydrogen-bond acceptors (Lipinski definition) is 6. The van der Waals surface area contributed by atoms with Crippen molar-refractivity contribution in [2.24, 2.45) is 0 Å².